The molecule has 0 atom stereocenters. The summed E-state index contributed by atoms with van der Waals surface area (Å²) in [4.78, 5) is 2.52. The highest BCUT2D eigenvalue weighted by Crippen LogP contribution is 2.33. The summed E-state index contributed by atoms with van der Waals surface area (Å²) >= 11 is 2.41. The molecular weight excluding hydrogens is 292 g/mol. The van der Waals surface area contributed by atoms with Crippen LogP contribution < -0.4 is 0 Å². The Hall–Kier alpha value is -0.790. The molecule has 1 nitrogen and oxygen atoms in total. The average Bonchev–Trinajstić information content (AvgIpc) is 2.06. The van der Waals surface area contributed by atoms with Crippen molar-refractivity contribution in [3.8, 4) is 0 Å². The van der Waals surface area contributed by atoms with Crippen LogP contribution >= 0.6 is 15.9 Å². The third-order valence-corrected chi connectivity index (χ3v) is 2.01. The first-order valence-electron chi connectivity index (χ1n) is 3.44. The Morgan fingerprint density at radius 2 is 1.80 bits per heavy atom. The SMILES string of the molecule is Fc1c(Br)cc(C(F)(F)F)nc1C(F)F. The normalized spacial score (nSPS) is 12.3. The fourth-order valence-corrected chi connectivity index (χ4v) is 1.23. The first-order chi connectivity index (χ1) is 6.73. The number of pyridine rings is 1. The second-order valence-electron chi connectivity index (χ2n) is 2.49. The molecule has 0 aliphatic carbocycles. The standard InChI is InChI=1S/C7H2BrF6N/c8-2-1-3(7(12,13)14)15-5(4(2)9)6(10)11/h1,6H. The van der Waals surface area contributed by atoms with Crippen LogP contribution in [0.3, 0.4) is 0 Å². The maximum atomic E-state index is 12.9. The highest BCUT2D eigenvalue weighted by Gasteiger charge is 2.35. The minimum Gasteiger partial charge on any atom is -0.239 e. The zero-order chi connectivity index (χ0) is 11.8. The van der Waals surface area contributed by atoms with Gasteiger partial charge in [0.25, 0.3) is 6.43 Å². The minimum absolute atomic E-state index is 0.307. The van der Waals surface area contributed by atoms with Crippen LogP contribution in [0, 0.1) is 5.82 Å². The lowest BCUT2D eigenvalue weighted by Crippen LogP contribution is -2.11. The number of alkyl halides is 5. The summed E-state index contributed by atoms with van der Waals surface area (Å²) in [5.74, 6) is -1.49. The topological polar surface area (TPSA) is 12.9 Å². The van der Waals surface area contributed by atoms with Crippen molar-refractivity contribution in [3.63, 3.8) is 0 Å². The second kappa shape index (κ2) is 3.99. The quantitative estimate of drug-likeness (QED) is 0.715. The van der Waals surface area contributed by atoms with Gasteiger partial charge in [0, 0.05) is 0 Å². The molecule has 8 heteroatoms. The van der Waals surface area contributed by atoms with Crippen LogP contribution in [-0.4, -0.2) is 4.98 Å². The monoisotopic (exact) mass is 293 g/mol. The van der Waals surface area contributed by atoms with Gasteiger partial charge >= 0.3 is 6.18 Å². The summed E-state index contributed by atoms with van der Waals surface area (Å²) in [6, 6.07) is 0.307. The largest absolute Gasteiger partial charge is 0.433 e. The van der Waals surface area contributed by atoms with Crippen LogP contribution in [0.4, 0.5) is 26.3 Å². The van der Waals surface area contributed by atoms with Crippen LogP contribution in [0.15, 0.2) is 10.5 Å². The van der Waals surface area contributed by atoms with E-state index in [4.69, 9.17) is 0 Å². The summed E-state index contributed by atoms with van der Waals surface area (Å²) in [5.41, 5.74) is -3.08. The van der Waals surface area contributed by atoms with Crippen LogP contribution in [0.5, 0.6) is 0 Å². The van der Waals surface area contributed by atoms with Crippen molar-refractivity contribution in [2.75, 3.05) is 0 Å². The minimum atomic E-state index is -4.89. The van der Waals surface area contributed by atoms with Crippen molar-refractivity contribution in [1.82, 2.24) is 4.98 Å². The van der Waals surface area contributed by atoms with Crippen molar-refractivity contribution in [2.45, 2.75) is 12.6 Å². The van der Waals surface area contributed by atoms with Crippen molar-refractivity contribution in [3.05, 3.63) is 27.7 Å². The van der Waals surface area contributed by atoms with Gasteiger partial charge in [-0.3, -0.25) is 0 Å². The number of aromatic nitrogens is 1. The van der Waals surface area contributed by atoms with E-state index >= 15 is 0 Å². The molecule has 0 aromatic carbocycles. The number of nitrogens with zero attached hydrogens (tertiary/aromatic N) is 1. The molecule has 0 N–H and O–H groups in total. The summed E-state index contributed by atoms with van der Waals surface area (Å²) < 4.78 is 72.6. The van der Waals surface area contributed by atoms with Gasteiger partial charge in [-0.25, -0.2) is 18.2 Å². The van der Waals surface area contributed by atoms with Crippen molar-refractivity contribution in [1.29, 1.82) is 0 Å². The fraction of sp³-hybridized carbons (Fsp3) is 0.286. The van der Waals surface area contributed by atoms with E-state index in [0.717, 1.165) is 0 Å². The molecule has 1 heterocycles. The van der Waals surface area contributed by atoms with Gasteiger partial charge in [-0.2, -0.15) is 13.2 Å². The van der Waals surface area contributed by atoms with Gasteiger partial charge in [-0.15, -0.1) is 0 Å². The van der Waals surface area contributed by atoms with Crippen LogP contribution in [0.1, 0.15) is 17.8 Å². The Morgan fingerprint density at radius 3 is 2.20 bits per heavy atom. The van der Waals surface area contributed by atoms with E-state index in [9.17, 15) is 26.3 Å². The smallest absolute Gasteiger partial charge is 0.239 e. The second-order valence-corrected chi connectivity index (χ2v) is 3.34. The van der Waals surface area contributed by atoms with Gasteiger partial charge in [0.05, 0.1) is 4.47 Å². The summed E-state index contributed by atoms with van der Waals surface area (Å²) in [7, 11) is 0. The molecule has 0 fully saturated rings. The van der Waals surface area contributed by atoms with E-state index in [0.29, 0.717) is 6.07 Å². The fourth-order valence-electron chi connectivity index (χ4n) is 0.807. The average molecular weight is 294 g/mol. The van der Waals surface area contributed by atoms with Crippen molar-refractivity contribution >= 4 is 15.9 Å². The molecule has 0 aliphatic heterocycles. The zero-order valence-electron chi connectivity index (χ0n) is 6.75. The van der Waals surface area contributed by atoms with Gasteiger partial charge < -0.3 is 0 Å². The highest BCUT2D eigenvalue weighted by molar-refractivity contribution is 9.10. The molecule has 0 bridgehead atoms. The highest BCUT2D eigenvalue weighted by atomic mass is 79.9. The predicted molar refractivity (Wildman–Crippen MR) is 41.9 cm³/mol. The van der Waals surface area contributed by atoms with Gasteiger partial charge in [0.1, 0.15) is 11.4 Å². The molecule has 15 heavy (non-hydrogen) atoms. The molecule has 1 aromatic heterocycles. The Balaban J connectivity index is 3.36. The third-order valence-electron chi connectivity index (χ3n) is 1.44. The lowest BCUT2D eigenvalue weighted by molar-refractivity contribution is -0.141. The van der Waals surface area contributed by atoms with Crippen molar-refractivity contribution < 1.29 is 26.3 Å². The summed E-state index contributed by atoms with van der Waals surface area (Å²) in [6.07, 6.45) is -8.29. The summed E-state index contributed by atoms with van der Waals surface area (Å²) in [5, 5.41) is 0. The lowest BCUT2D eigenvalue weighted by Gasteiger charge is -2.09. The van der Waals surface area contributed by atoms with Gasteiger partial charge in [-0.1, -0.05) is 0 Å². The van der Waals surface area contributed by atoms with Gasteiger partial charge in [-0.05, 0) is 22.0 Å². The number of hydrogen-bond donors (Lipinski definition) is 0. The predicted octanol–water partition coefficient (Wildman–Crippen LogP) is 3.94. The molecule has 84 valence electrons. The molecule has 0 amide bonds. The summed E-state index contributed by atoms with van der Waals surface area (Å²) in [6.45, 7) is 0. The van der Waals surface area contributed by atoms with Gasteiger partial charge in [0.15, 0.2) is 5.82 Å². The van der Waals surface area contributed by atoms with E-state index in [2.05, 4.69) is 20.9 Å². The lowest BCUT2D eigenvalue weighted by atomic mass is 10.3. The maximum Gasteiger partial charge on any atom is 0.433 e. The van der Waals surface area contributed by atoms with Crippen LogP contribution in [0.25, 0.3) is 0 Å². The Morgan fingerprint density at radius 1 is 1.27 bits per heavy atom. The van der Waals surface area contributed by atoms with Gasteiger partial charge in [0.2, 0.25) is 0 Å². The number of hydrogen-bond acceptors (Lipinski definition) is 1. The molecule has 0 unspecified atom stereocenters. The maximum absolute atomic E-state index is 12.9. The van der Waals surface area contributed by atoms with E-state index in [1.165, 1.54) is 0 Å². The third kappa shape index (κ3) is 2.61. The molecule has 0 saturated heterocycles. The van der Waals surface area contributed by atoms with E-state index in [1.807, 2.05) is 0 Å². The Labute approximate surface area is 88.2 Å². The first kappa shape index (κ1) is 12.3. The molecule has 1 rings (SSSR count). The first-order valence-corrected chi connectivity index (χ1v) is 4.24. The van der Waals surface area contributed by atoms with E-state index in [1.54, 1.807) is 0 Å². The Kier molecular flexibility index (Phi) is 3.27. The van der Waals surface area contributed by atoms with Crippen LogP contribution in [-0.2, 0) is 6.18 Å². The van der Waals surface area contributed by atoms with Crippen LogP contribution in [0.2, 0.25) is 0 Å². The molecule has 0 spiro atoms. The molecule has 0 saturated carbocycles. The van der Waals surface area contributed by atoms with Crippen molar-refractivity contribution in [2.24, 2.45) is 0 Å². The van der Waals surface area contributed by atoms with E-state index < -0.39 is 34.3 Å². The molecular formula is C7H2BrF6N. The molecule has 0 aliphatic rings. The number of halogens is 7. The zero-order valence-corrected chi connectivity index (χ0v) is 8.33. The van der Waals surface area contributed by atoms with E-state index in [-0.39, 0.29) is 0 Å². The molecule has 1 aromatic rings. The Bertz CT molecular complexity index is 374. The molecule has 0 radical (unpaired) electrons. The number of rotatable bonds is 1.